The van der Waals surface area contributed by atoms with Gasteiger partial charge in [0.2, 0.25) is 5.91 Å². The molecule has 0 saturated carbocycles. The zero-order valence-electron chi connectivity index (χ0n) is 10.4. The molecule has 2 rings (SSSR count). The first kappa shape index (κ1) is 13.9. The van der Waals surface area contributed by atoms with Crippen molar-refractivity contribution in [1.29, 1.82) is 0 Å². The normalized spacial score (nSPS) is 22.5. The van der Waals surface area contributed by atoms with Crippen LogP contribution in [0.4, 0.5) is 4.39 Å². The summed E-state index contributed by atoms with van der Waals surface area (Å²) in [4.78, 5) is 24.7. The molecule has 1 fully saturated rings. The molecule has 1 aromatic carbocycles. The largest absolute Gasteiger partial charge is 0.480 e. The number of thioether (sulfide) groups is 1. The summed E-state index contributed by atoms with van der Waals surface area (Å²) in [5, 5.41) is 8.93. The third-order valence-electron chi connectivity index (χ3n) is 3.04. The second-order valence-corrected chi connectivity index (χ2v) is 5.74. The monoisotopic (exact) mass is 283 g/mol. The lowest BCUT2D eigenvalue weighted by molar-refractivity contribution is -0.148. The number of carbonyl (C=O) groups excluding carboxylic acids is 1. The summed E-state index contributed by atoms with van der Waals surface area (Å²) in [6.07, 6.45) is 0.0203. The Kier molecular flexibility index (Phi) is 4.09. The zero-order chi connectivity index (χ0) is 14.0. The van der Waals surface area contributed by atoms with E-state index in [1.54, 1.807) is 13.0 Å². The number of aliphatic carboxylic acids is 1. The molecule has 2 atom stereocenters. The minimum absolute atomic E-state index is 0.0203. The molecule has 1 N–H and O–H groups in total. The van der Waals surface area contributed by atoms with Crippen LogP contribution >= 0.6 is 11.8 Å². The van der Waals surface area contributed by atoms with Crippen LogP contribution in [0.1, 0.15) is 12.5 Å². The van der Waals surface area contributed by atoms with Crippen LogP contribution in [0, 0.1) is 5.82 Å². The first-order valence-electron chi connectivity index (χ1n) is 5.89. The highest BCUT2D eigenvalue weighted by molar-refractivity contribution is 8.00. The van der Waals surface area contributed by atoms with Crippen LogP contribution in [0.2, 0.25) is 0 Å². The topological polar surface area (TPSA) is 57.6 Å². The lowest BCUT2D eigenvalue weighted by Gasteiger charge is -2.25. The molecule has 0 bridgehead atoms. The van der Waals surface area contributed by atoms with Crippen LogP contribution in [0.25, 0.3) is 0 Å². The summed E-state index contributed by atoms with van der Waals surface area (Å²) >= 11 is 1.43. The fourth-order valence-corrected chi connectivity index (χ4v) is 3.31. The predicted molar refractivity (Wildman–Crippen MR) is 70.3 cm³/mol. The van der Waals surface area contributed by atoms with Crippen molar-refractivity contribution in [3.63, 3.8) is 0 Å². The van der Waals surface area contributed by atoms with E-state index in [4.69, 9.17) is 5.11 Å². The molecule has 1 amide bonds. The van der Waals surface area contributed by atoms with Gasteiger partial charge in [-0.2, -0.15) is 0 Å². The highest BCUT2D eigenvalue weighted by Gasteiger charge is 2.39. The molecule has 6 heteroatoms. The van der Waals surface area contributed by atoms with Gasteiger partial charge in [0, 0.05) is 5.75 Å². The Balaban J connectivity index is 2.12. The molecule has 0 aliphatic carbocycles. The summed E-state index contributed by atoms with van der Waals surface area (Å²) in [7, 11) is 0. The van der Waals surface area contributed by atoms with Crippen LogP contribution in [0.15, 0.2) is 24.3 Å². The van der Waals surface area contributed by atoms with Crippen molar-refractivity contribution in [2.75, 3.05) is 5.75 Å². The van der Waals surface area contributed by atoms with E-state index < -0.39 is 17.8 Å². The molecular weight excluding hydrogens is 269 g/mol. The number of halogens is 1. The highest BCUT2D eigenvalue weighted by Crippen LogP contribution is 2.29. The van der Waals surface area contributed by atoms with E-state index in [2.05, 4.69) is 0 Å². The fourth-order valence-electron chi connectivity index (χ4n) is 2.12. The molecule has 1 aliphatic rings. The van der Waals surface area contributed by atoms with E-state index in [1.807, 2.05) is 0 Å². The maximum Gasteiger partial charge on any atom is 0.327 e. The third-order valence-corrected chi connectivity index (χ3v) is 4.26. The number of benzene rings is 1. The number of carboxylic acids is 1. The van der Waals surface area contributed by atoms with E-state index >= 15 is 0 Å². The maximum absolute atomic E-state index is 13.1. The Morgan fingerprint density at radius 1 is 1.53 bits per heavy atom. The number of hydrogen-bond acceptors (Lipinski definition) is 3. The summed E-state index contributed by atoms with van der Waals surface area (Å²) in [6.45, 7) is 1.80. The van der Waals surface area contributed by atoms with Crippen LogP contribution in [-0.2, 0) is 16.0 Å². The summed E-state index contributed by atoms with van der Waals surface area (Å²) < 4.78 is 13.1. The van der Waals surface area contributed by atoms with Crippen molar-refractivity contribution < 1.29 is 19.1 Å². The van der Waals surface area contributed by atoms with E-state index in [9.17, 15) is 14.0 Å². The van der Waals surface area contributed by atoms with Gasteiger partial charge in [0.05, 0.1) is 11.8 Å². The van der Waals surface area contributed by atoms with Gasteiger partial charge in [0.15, 0.2) is 0 Å². The summed E-state index contributed by atoms with van der Waals surface area (Å²) in [5.41, 5.74) is 0.554. The van der Waals surface area contributed by atoms with Crippen molar-refractivity contribution in [1.82, 2.24) is 4.90 Å². The molecule has 1 saturated heterocycles. The van der Waals surface area contributed by atoms with E-state index in [1.165, 1.54) is 34.9 Å². The summed E-state index contributed by atoms with van der Waals surface area (Å²) in [6, 6.07) is 5.00. The minimum atomic E-state index is -0.996. The number of nitrogens with zero attached hydrogens (tertiary/aromatic N) is 1. The molecule has 2 unspecified atom stereocenters. The Morgan fingerprint density at radius 3 is 2.89 bits per heavy atom. The third kappa shape index (κ3) is 3.07. The molecular formula is C13H14FNO3S. The average Bonchev–Trinajstić information content (AvgIpc) is 2.71. The van der Waals surface area contributed by atoms with Gasteiger partial charge in [-0.1, -0.05) is 12.1 Å². The van der Waals surface area contributed by atoms with Crippen LogP contribution < -0.4 is 0 Å². The molecule has 4 nitrogen and oxygen atoms in total. The van der Waals surface area contributed by atoms with Gasteiger partial charge in [0.1, 0.15) is 11.9 Å². The predicted octanol–water partition coefficient (Wildman–Crippen LogP) is 1.74. The molecule has 0 radical (unpaired) electrons. The Morgan fingerprint density at radius 2 is 2.26 bits per heavy atom. The standard InChI is InChI=1S/C13H14FNO3S/c1-8-15(11(7-19-8)13(17)18)12(16)6-9-3-2-4-10(14)5-9/h2-5,8,11H,6-7H2,1H3,(H,17,18). The van der Waals surface area contributed by atoms with E-state index in [0.29, 0.717) is 11.3 Å². The van der Waals surface area contributed by atoms with E-state index in [0.717, 1.165) is 0 Å². The minimum Gasteiger partial charge on any atom is -0.480 e. The lowest BCUT2D eigenvalue weighted by Crippen LogP contribution is -2.45. The number of amides is 1. The van der Waals surface area contributed by atoms with Crippen molar-refractivity contribution in [2.45, 2.75) is 24.8 Å². The second-order valence-electron chi connectivity index (χ2n) is 4.39. The number of rotatable bonds is 3. The number of carboxylic acid groups (broad SMARTS) is 1. The molecule has 1 heterocycles. The van der Waals surface area contributed by atoms with Crippen LogP contribution in [-0.4, -0.2) is 39.1 Å². The molecule has 102 valence electrons. The first-order valence-corrected chi connectivity index (χ1v) is 6.94. The second kappa shape index (κ2) is 5.61. The van der Waals surface area contributed by atoms with Gasteiger partial charge in [-0.3, -0.25) is 4.79 Å². The van der Waals surface area contributed by atoms with Crippen molar-refractivity contribution >= 4 is 23.6 Å². The highest BCUT2D eigenvalue weighted by atomic mass is 32.2. The Bertz CT molecular complexity index is 508. The van der Waals surface area contributed by atoms with Gasteiger partial charge in [-0.15, -0.1) is 11.8 Å². The van der Waals surface area contributed by atoms with Gasteiger partial charge in [-0.25, -0.2) is 9.18 Å². The first-order chi connectivity index (χ1) is 8.99. The molecule has 1 aliphatic heterocycles. The molecule has 0 spiro atoms. The number of hydrogen-bond donors (Lipinski definition) is 1. The van der Waals surface area contributed by atoms with Crippen LogP contribution in [0.3, 0.4) is 0 Å². The maximum atomic E-state index is 13.1. The summed E-state index contributed by atoms with van der Waals surface area (Å²) in [5.74, 6) is -1.28. The van der Waals surface area contributed by atoms with Gasteiger partial charge >= 0.3 is 5.97 Å². The Hall–Kier alpha value is -1.56. The van der Waals surface area contributed by atoms with Crippen LogP contribution in [0.5, 0.6) is 0 Å². The van der Waals surface area contributed by atoms with Crippen molar-refractivity contribution in [3.05, 3.63) is 35.6 Å². The Labute approximate surface area is 114 Å². The number of carbonyl (C=O) groups is 2. The quantitative estimate of drug-likeness (QED) is 0.918. The lowest BCUT2D eigenvalue weighted by atomic mass is 10.1. The fraction of sp³-hybridized carbons (Fsp3) is 0.385. The van der Waals surface area contributed by atoms with Crippen molar-refractivity contribution in [3.8, 4) is 0 Å². The molecule has 19 heavy (non-hydrogen) atoms. The van der Waals surface area contributed by atoms with Gasteiger partial charge in [0.25, 0.3) is 0 Å². The van der Waals surface area contributed by atoms with Gasteiger partial charge in [-0.05, 0) is 24.6 Å². The molecule has 0 aromatic heterocycles. The SMILES string of the molecule is CC1SCC(C(=O)O)N1C(=O)Cc1cccc(F)c1. The average molecular weight is 283 g/mol. The molecule has 1 aromatic rings. The van der Waals surface area contributed by atoms with Crippen molar-refractivity contribution in [2.24, 2.45) is 0 Å². The van der Waals surface area contributed by atoms with E-state index in [-0.39, 0.29) is 17.7 Å². The zero-order valence-corrected chi connectivity index (χ0v) is 11.2. The smallest absolute Gasteiger partial charge is 0.327 e. The van der Waals surface area contributed by atoms with Gasteiger partial charge < -0.3 is 10.0 Å².